The zero-order chi connectivity index (χ0) is 31.5. The van der Waals surface area contributed by atoms with Crippen molar-refractivity contribution >= 4 is 29.1 Å². The van der Waals surface area contributed by atoms with E-state index in [1.165, 1.54) is 6.42 Å². The molecule has 2 fully saturated rings. The van der Waals surface area contributed by atoms with Gasteiger partial charge in [-0.15, -0.1) is 0 Å². The van der Waals surface area contributed by atoms with Gasteiger partial charge in [0.05, 0.1) is 18.2 Å². The highest BCUT2D eigenvalue weighted by atomic mass is 16.3. The quantitative estimate of drug-likeness (QED) is 0.205. The zero-order valence-corrected chi connectivity index (χ0v) is 26.6. The van der Waals surface area contributed by atoms with E-state index in [1.807, 2.05) is 42.5 Å². The maximum Gasteiger partial charge on any atom is 0.251 e. The van der Waals surface area contributed by atoms with Crippen LogP contribution in [0.25, 0.3) is 0 Å². The number of carbonyl (C=O) groups excluding carboxylic acids is 3. The lowest BCUT2D eigenvalue weighted by Crippen LogP contribution is -2.53. The molecule has 2 aromatic rings. The third-order valence-corrected chi connectivity index (χ3v) is 8.67. The zero-order valence-electron chi connectivity index (χ0n) is 26.6. The van der Waals surface area contributed by atoms with Crippen LogP contribution in [-0.4, -0.2) is 66.7 Å². The van der Waals surface area contributed by atoms with Crippen molar-refractivity contribution in [1.82, 2.24) is 16.0 Å². The van der Waals surface area contributed by atoms with Crippen molar-refractivity contribution in [2.45, 2.75) is 103 Å². The molecule has 5 N–H and O–H groups in total. The van der Waals surface area contributed by atoms with Crippen molar-refractivity contribution in [2.24, 2.45) is 5.92 Å². The fraction of sp³-hybridized carbons (Fsp3) is 0.571. The van der Waals surface area contributed by atoms with E-state index in [4.69, 9.17) is 0 Å². The van der Waals surface area contributed by atoms with Gasteiger partial charge in [-0.25, -0.2) is 0 Å². The normalized spacial score (nSPS) is 17.8. The third kappa shape index (κ3) is 10.1. The summed E-state index contributed by atoms with van der Waals surface area (Å²) in [5, 5.41) is 24.1. The maximum absolute atomic E-state index is 13.8. The summed E-state index contributed by atoms with van der Waals surface area (Å²) < 4.78 is 0. The van der Waals surface area contributed by atoms with Gasteiger partial charge in [-0.2, -0.15) is 0 Å². The van der Waals surface area contributed by atoms with Gasteiger partial charge in [0, 0.05) is 49.0 Å². The van der Waals surface area contributed by atoms with Gasteiger partial charge in [0.2, 0.25) is 11.8 Å². The molecule has 9 nitrogen and oxygen atoms in total. The molecule has 2 aromatic carbocycles. The van der Waals surface area contributed by atoms with Crippen molar-refractivity contribution in [1.29, 1.82) is 0 Å². The van der Waals surface area contributed by atoms with Crippen LogP contribution in [-0.2, 0) is 16.0 Å². The molecule has 0 unspecified atom stereocenters. The first-order valence-electron chi connectivity index (χ1n) is 16.5. The topological polar surface area (TPSA) is 123 Å². The summed E-state index contributed by atoms with van der Waals surface area (Å²) >= 11 is 0. The van der Waals surface area contributed by atoms with Crippen LogP contribution in [0.3, 0.4) is 0 Å². The lowest BCUT2D eigenvalue weighted by molar-refractivity contribution is -0.123. The number of amides is 3. The molecular weight excluding hydrogens is 554 g/mol. The van der Waals surface area contributed by atoms with Gasteiger partial charge < -0.3 is 31.3 Å². The highest BCUT2D eigenvalue weighted by Crippen LogP contribution is 2.27. The number of hydrogen-bond donors (Lipinski definition) is 5. The van der Waals surface area contributed by atoms with E-state index in [1.54, 1.807) is 17.9 Å². The maximum atomic E-state index is 13.8. The van der Waals surface area contributed by atoms with Gasteiger partial charge in [-0.1, -0.05) is 63.4 Å². The molecular formula is C35H51N5O4. The van der Waals surface area contributed by atoms with Crippen LogP contribution in [0.1, 0.15) is 88.1 Å². The molecule has 3 atom stereocenters. The number of nitrogens with one attached hydrogen (secondary N) is 4. The smallest absolute Gasteiger partial charge is 0.251 e. The Morgan fingerprint density at radius 2 is 1.75 bits per heavy atom. The summed E-state index contributed by atoms with van der Waals surface area (Å²) in [6.45, 7) is 7.65. The molecule has 1 aliphatic heterocycles. The summed E-state index contributed by atoms with van der Waals surface area (Å²) in [4.78, 5) is 40.9. The molecule has 1 heterocycles. The Kier molecular flexibility index (Phi) is 12.6. The first kappa shape index (κ1) is 33.5. The van der Waals surface area contributed by atoms with Crippen LogP contribution >= 0.6 is 0 Å². The third-order valence-electron chi connectivity index (χ3n) is 8.67. The van der Waals surface area contributed by atoms with Crippen LogP contribution in [0.4, 0.5) is 11.4 Å². The standard InChI is InChI=1S/C35H51N5O4/c1-24(2)16-17-36-29-20-27(21-30(22-29)40-18-10-15-33(40)42)35(44)39-31(19-26-11-6-4-7-12-26)32(41)23-37-25(3)34(43)38-28-13-8-5-9-14-28/h4,6-7,11-12,20-22,24-25,28,31-32,36-37,41H,5,8-10,13-19,23H2,1-3H3,(H,38,43)(H,39,44)/t25-,31-,32+/m0/s1. The molecule has 0 bridgehead atoms. The summed E-state index contributed by atoms with van der Waals surface area (Å²) in [6, 6.07) is 14.4. The largest absolute Gasteiger partial charge is 0.390 e. The van der Waals surface area contributed by atoms with E-state index in [0.29, 0.717) is 36.6 Å². The van der Waals surface area contributed by atoms with Gasteiger partial charge >= 0.3 is 0 Å². The Hall–Kier alpha value is -3.43. The molecule has 3 amide bonds. The van der Waals surface area contributed by atoms with Crippen molar-refractivity contribution in [3.8, 4) is 0 Å². The number of nitrogens with zero attached hydrogens (tertiary/aromatic N) is 1. The van der Waals surface area contributed by atoms with E-state index in [-0.39, 0.29) is 30.3 Å². The predicted octanol–water partition coefficient (Wildman–Crippen LogP) is 4.40. The lowest BCUT2D eigenvalue weighted by atomic mass is 9.95. The Bertz CT molecular complexity index is 1230. The molecule has 0 aromatic heterocycles. The minimum Gasteiger partial charge on any atom is -0.390 e. The summed E-state index contributed by atoms with van der Waals surface area (Å²) in [5.41, 5.74) is 2.89. The monoisotopic (exact) mass is 605 g/mol. The van der Waals surface area contributed by atoms with Crippen molar-refractivity contribution in [2.75, 3.05) is 29.9 Å². The average molecular weight is 606 g/mol. The Balaban J connectivity index is 1.47. The molecule has 1 aliphatic carbocycles. The minimum absolute atomic E-state index is 0.0563. The predicted molar refractivity (Wildman–Crippen MR) is 176 cm³/mol. The number of carbonyl (C=O) groups is 3. The SMILES string of the molecule is CC(C)CCNc1cc(C(=O)N[C@@H](Cc2ccccc2)[C@H](O)CN[C@@H](C)C(=O)NC2CCCCC2)cc(N2CCCC2=O)c1. The first-order valence-corrected chi connectivity index (χ1v) is 16.5. The molecule has 2 aliphatic rings. The first-order chi connectivity index (χ1) is 21.2. The number of rotatable bonds is 15. The molecule has 0 radical (unpaired) electrons. The fourth-order valence-electron chi connectivity index (χ4n) is 5.94. The second kappa shape index (κ2) is 16.6. The van der Waals surface area contributed by atoms with Crippen LogP contribution in [0, 0.1) is 5.92 Å². The van der Waals surface area contributed by atoms with E-state index < -0.39 is 18.2 Å². The van der Waals surface area contributed by atoms with E-state index in [9.17, 15) is 19.5 Å². The number of aliphatic hydroxyl groups excluding tert-OH is 1. The van der Waals surface area contributed by atoms with Gasteiger partial charge in [-0.05, 0) is 68.7 Å². The van der Waals surface area contributed by atoms with Gasteiger partial charge in [-0.3, -0.25) is 14.4 Å². The van der Waals surface area contributed by atoms with Gasteiger partial charge in [0.25, 0.3) is 5.91 Å². The molecule has 240 valence electrons. The van der Waals surface area contributed by atoms with Crippen LogP contribution < -0.4 is 26.2 Å². The van der Waals surface area contributed by atoms with E-state index >= 15 is 0 Å². The van der Waals surface area contributed by atoms with Crippen molar-refractivity contribution in [3.63, 3.8) is 0 Å². The Morgan fingerprint density at radius 1 is 1.00 bits per heavy atom. The second-order valence-electron chi connectivity index (χ2n) is 12.8. The lowest BCUT2D eigenvalue weighted by Gasteiger charge is -2.28. The summed E-state index contributed by atoms with van der Waals surface area (Å²) in [6.07, 6.45) is 7.25. The second-order valence-corrected chi connectivity index (χ2v) is 12.8. The van der Waals surface area contributed by atoms with Gasteiger partial charge in [0.15, 0.2) is 0 Å². The number of hydrogen-bond acceptors (Lipinski definition) is 6. The molecule has 0 spiro atoms. The number of aliphatic hydroxyl groups is 1. The van der Waals surface area contributed by atoms with E-state index in [2.05, 4.69) is 35.1 Å². The Labute approximate surface area is 262 Å². The van der Waals surface area contributed by atoms with Gasteiger partial charge in [0.1, 0.15) is 0 Å². The number of benzene rings is 2. The molecule has 1 saturated carbocycles. The van der Waals surface area contributed by atoms with Crippen LogP contribution in [0.2, 0.25) is 0 Å². The molecule has 44 heavy (non-hydrogen) atoms. The summed E-state index contributed by atoms with van der Waals surface area (Å²) in [5.74, 6) is 0.191. The van der Waals surface area contributed by atoms with Crippen LogP contribution in [0.15, 0.2) is 48.5 Å². The number of anilines is 2. The minimum atomic E-state index is -0.948. The highest BCUT2D eigenvalue weighted by Gasteiger charge is 2.27. The van der Waals surface area contributed by atoms with Crippen LogP contribution in [0.5, 0.6) is 0 Å². The highest BCUT2D eigenvalue weighted by molar-refractivity contribution is 6.00. The molecule has 9 heteroatoms. The van der Waals surface area contributed by atoms with Crippen molar-refractivity contribution in [3.05, 3.63) is 59.7 Å². The summed E-state index contributed by atoms with van der Waals surface area (Å²) in [7, 11) is 0. The molecule has 1 saturated heterocycles. The average Bonchev–Trinajstić information content (AvgIpc) is 3.45. The van der Waals surface area contributed by atoms with Crippen molar-refractivity contribution < 1.29 is 19.5 Å². The van der Waals surface area contributed by atoms with E-state index in [0.717, 1.165) is 56.3 Å². The Morgan fingerprint density at radius 3 is 2.43 bits per heavy atom. The molecule has 4 rings (SSSR count). The fourth-order valence-corrected chi connectivity index (χ4v) is 5.94.